The Bertz CT molecular complexity index is 820. The largest absolute Gasteiger partial charge is 0.497 e. The molecule has 3 rings (SSSR count). The van der Waals surface area contributed by atoms with Crippen LogP contribution in [0, 0.1) is 0 Å². The third-order valence-electron chi connectivity index (χ3n) is 3.82. The van der Waals surface area contributed by atoms with E-state index in [2.05, 4.69) is 16.7 Å². The van der Waals surface area contributed by atoms with Crippen molar-refractivity contribution in [3.8, 4) is 5.75 Å². The molecule has 0 N–H and O–H groups in total. The summed E-state index contributed by atoms with van der Waals surface area (Å²) in [6.07, 6.45) is 0.369. The summed E-state index contributed by atoms with van der Waals surface area (Å²) in [5.41, 5.74) is 2.22. The summed E-state index contributed by atoms with van der Waals surface area (Å²) in [4.78, 5) is 11.7. The fraction of sp³-hybridized carbons (Fsp3) is 0.278. The lowest BCUT2D eigenvalue weighted by Gasteiger charge is -2.07. The molecule has 2 aromatic carbocycles. The smallest absolute Gasteiger partial charge is 0.307 e. The number of para-hydroxylation sites is 1. The molecule has 0 aliphatic carbocycles. The van der Waals surface area contributed by atoms with E-state index in [1.807, 2.05) is 37.3 Å². The SMILES string of the molecule is CCOC(=O)CCn1c2ccccc2c2cc(OC)ccc21. The van der Waals surface area contributed by atoms with Gasteiger partial charge in [0.1, 0.15) is 5.75 Å². The van der Waals surface area contributed by atoms with Gasteiger partial charge in [-0.1, -0.05) is 18.2 Å². The lowest BCUT2D eigenvalue weighted by Crippen LogP contribution is -2.08. The number of carbonyl (C=O) groups excluding carboxylic acids is 1. The van der Waals surface area contributed by atoms with E-state index in [0.29, 0.717) is 19.6 Å². The molecule has 0 atom stereocenters. The van der Waals surface area contributed by atoms with E-state index in [-0.39, 0.29) is 5.97 Å². The predicted octanol–water partition coefficient (Wildman–Crippen LogP) is 3.76. The topological polar surface area (TPSA) is 40.5 Å². The zero-order valence-electron chi connectivity index (χ0n) is 12.8. The Kier molecular flexibility index (Phi) is 4.00. The highest BCUT2D eigenvalue weighted by molar-refractivity contribution is 6.08. The van der Waals surface area contributed by atoms with Crippen LogP contribution in [0.3, 0.4) is 0 Å². The number of benzene rings is 2. The van der Waals surface area contributed by atoms with Crippen molar-refractivity contribution in [2.45, 2.75) is 19.9 Å². The van der Waals surface area contributed by atoms with Gasteiger partial charge in [-0.3, -0.25) is 4.79 Å². The van der Waals surface area contributed by atoms with Crippen molar-refractivity contribution in [2.24, 2.45) is 0 Å². The van der Waals surface area contributed by atoms with Gasteiger partial charge < -0.3 is 14.0 Å². The fourth-order valence-electron chi connectivity index (χ4n) is 2.84. The van der Waals surface area contributed by atoms with Gasteiger partial charge in [0.05, 0.1) is 20.1 Å². The summed E-state index contributed by atoms with van der Waals surface area (Å²) in [7, 11) is 1.67. The van der Waals surface area contributed by atoms with Gasteiger partial charge in [-0.2, -0.15) is 0 Å². The minimum Gasteiger partial charge on any atom is -0.497 e. The average molecular weight is 297 g/mol. The summed E-state index contributed by atoms with van der Waals surface area (Å²) < 4.78 is 12.5. The first-order valence-corrected chi connectivity index (χ1v) is 7.45. The molecule has 0 fully saturated rings. The molecule has 4 heteroatoms. The number of aryl methyl sites for hydroxylation is 1. The maximum Gasteiger partial charge on any atom is 0.307 e. The first kappa shape index (κ1) is 14.4. The molecule has 22 heavy (non-hydrogen) atoms. The Hall–Kier alpha value is -2.49. The number of fused-ring (bicyclic) bond motifs is 3. The van der Waals surface area contributed by atoms with Crippen LogP contribution in [0.2, 0.25) is 0 Å². The molecule has 1 aromatic heterocycles. The summed E-state index contributed by atoms with van der Waals surface area (Å²) in [6, 6.07) is 14.2. The van der Waals surface area contributed by atoms with E-state index < -0.39 is 0 Å². The van der Waals surface area contributed by atoms with Crippen LogP contribution < -0.4 is 4.74 Å². The second-order valence-electron chi connectivity index (χ2n) is 5.11. The van der Waals surface area contributed by atoms with Gasteiger partial charge in [0.25, 0.3) is 0 Å². The third-order valence-corrected chi connectivity index (χ3v) is 3.82. The van der Waals surface area contributed by atoms with Crippen LogP contribution in [0.25, 0.3) is 21.8 Å². The van der Waals surface area contributed by atoms with E-state index in [4.69, 9.17) is 9.47 Å². The Balaban J connectivity index is 2.08. The van der Waals surface area contributed by atoms with Crippen LogP contribution >= 0.6 is 0 Å². The van der Waals surface area contributed by atoms with Crippen molar-refractivity contribution >= 4 is 27.8 Å². The molecule has 0 amide bonds. The van der Waals surface area contributed by atoms with Crippen LogP contribution in [0.5, 0.6) is 5.75 Å². The van der Waals surface area contributed by atoms with E-state index in [9.17, 15) is 4.79 Å². The zero-order chi connectivity index (χ0) is 15.5. The normalized spacial score (nSPS) is 11.0. The Morgan fingerprint density at radius 2 is 1.86 bits per heavy atom. The maximum atomic E-state index is 11.7. The van der Waals surface area contributed by atoms with Crippen LogP contribution in [0.4, 0.5) is 0 Å². The molecule has 4 nitrogen and oxygen atoms in total. The van der Waals surface area contributed by atoms with Gasteiger partial charge >= 0.3 is 5.97 Å². The van der Waals surface area contributed by atoms with Gasteiger partial charge in [0.15, 0.2) is 0 Å². The standard InChI is InChI=1S/C18H19NO3/c1-3-22-18(20)10-11-19-16-7-5-4-6-14(16)15-12-13(21-2)8-9-17(15)19/h4-9,12H,3,10-11H2,1-2H3. The van der Waals surface area contributed by atoms with Crippen LogP contribution in [-0.4, -0.2) is 24.3 Å². The van der Waals surface area contributed by atoms with Crippen molar-refractivity contribution in [1.29, 1.82) is 0 Å². The van der Waals surface area contributed by atoms with Crippen LogP contribution in [0.15, 0.2) is 42.5 Å². The summed E-state index contributed by atoms with van der Waals surface area (Å²) in [5.74, 6) is 0.669. The molecular weight excluding hydrogens is 278 g/mol. The second-order valence-corrected chi connectivity index (χ2v) is 5.11. The summed E-state index contributed by atoms with van der Waals surface area (Å²) in [6.45, 7) is 2.85. The van der Waals surface area contributed by atoms with Gasteiger partial charge in [-0.25, -0.2) is 0 Å². The van der Waals surface area contributed by atoms with Crippen molar-refractivity contribution in [2.75, 3.05) is 13.7 Å². The second kappa shape index (κ2) is 6.10. The monoisotopic (exact) mass is 297 g/mol. The number of hydrogen-bond acceptors (Lipinski definition) is 3. The molecule has 0 saturated carbocycles. The molecule has 0 bridgehead atoms. The van der Waals surface area contributed by atoms with E-state index in [1.54, 1.807) is 7.11 Å². The first-order chi connectivity index (χ1) is 10.7. The number of esters is 1. The van der Waals surface area contributed by atoms with E-state index >= 15 is 0 Å². The number of hydrogen-bond donors (Lipinski definition) is 0. The van der Waals surface area contributed by atoms with Crippen molar-refractivity contribution in [1.82, 2.24) is 4.57 Å². The minimum atomic E-state index is -0.165. The molecule has 0 spiro atoms. The molecule has 3 aromatic rings. The highest BCUT2D eigenvalue weighted by Crippen LogP contribution is 2.31. The number of rotatable bonds is 5. The number of methoxy groups -OCH3 is 1. The lowest BCUT2D eigenvalue weighted by molar-refractivity contribution is -0.143. The van der Waals surface area contributed by atoms with Crippen LogP contribution in [0.1, 0.15) is 13.3 Å². The molecule has 0 aliphatic rings. The maximum absolute atomic E-state index is 11.7. The van der Waals surface area contributed by atoms with Crippen LogP contribution in [-0.2, 0) is 16.1 Å². The molecule has 0 unspecified atom stereocenters. The molecule has 0 radical (unpaired) electrons. The highest BCUT2D eigenvalue weighted by Gasteiger charge is 2.12. The highest BCUT2D eigenvalue weighted by atomic mass is 16.5. The van der Waals surface area contributed by atoms with Gasteiger partial charge in [-0.15, -0.1) is 0 Å². The summed E-state index contributed by atoms with van der Waals surface area (Å²) in [5, 5.41) is 2.30. The third kappa shape index (κ3) is 2.52. The Morgan fingerprint density at radius 3 is 2.64 bits per heavy atom. The van der Waals surface area contributed by atoms with E-state index in [0.717, 1.165) is 22.2 Å². The van der Waals surface area contributed by atoms with E-state index in [1.165, 1.54) is 5.39 Å². The Labute approximate surface area is 129 Å². The summed E-state index contributed by atoms with van der Waals surface area (Å²) >= 11 is 0. The zero-order valence-corrected chi connectivity index (χ0v) is 12.8. The molecule has 114 valence electrons. The minimum absolute atomic E-state index is 0.165. The van der Waals surface area contributed by atoms with Crippen molar-refractivity contribution < 1.29 is 14.3 Å². The molecule has 0 saturated heterocycles. The predicted molar refractivity (Wildman–Crippen MR) is 87.2 cm³/mol. The van der Waals surface area contributed by atoms with Crippen molar-refractivity contribution in [3.63, 3.8) is 0 Å². The number of carbonyl (C=O) groups is 1. The van der Waals surface area contributed by atoms with Crippen molar-refractivity contribution in [3.05, 3.63) is 42.5 Å². The molecular formula is C18H19NO3. The average Bonchev–Trinajstić information content (AvgIpc) is 2.86. The Morgan fingerprint density at radius 1 is 1.09 bits per heavy atom. The fourth-order valence-corrected chi connectivity index (χ4v) is 2.84. The lowest BCUT2D eigenvalue weighted by atomic mass is 10.1. The number of nitrogens with zero attached hydrogens (tertiary/aromatic N) is 1. The van der Waals surface area contributed by atoms with Gasteiger partial charge in [0, 0.05) is 28.4 Å². The van der Waals surface area contributed by atoms with Gasteiger partial charge in [0.2, 0.25) is 0 Å². The quantitative estimate of drug-likeness (QED) is 0.673. The number of ether oxygens (including phenoxy) is 2. The number of aromatic nitrogens is 1. The first-order valence-electron chi connectivity index (χ1n) is 7.45. The molecule has 0 aliphatic heterocycles. The molecule has 1 heterocycles. The van der Waals surface area contributed by atoms with Gasteiger partial charge in [-0.05, 0) is 31.2 Å².